The molecule has 0 saturated carbocycles. The van der Waals surface area contributed by atoms with Crippen molar-refractivity contribution in [2.24, 2.45) is 0 Å². The van der Waals surface area contributed by atoms with E-state index < -0.39 is 6.10 Å². The standard InChI is InChI=1S/C16H22O3/c1-9-6-7-10-12-11(9)13(18-5)19-8-16(12,4)14(17)15(10,2)3/h6-7,13-14,17H,8H2,1-5H3/t13-,14+,16+/m0/s1. The average Bonchev–Trinajstić information content (AvgIpc) is 2.53. The molecular formula is C16H22O3. The minimum Gasteiger partial charge on any atom is -0.391 e. The molecule has 3 nitrogen and oxygen atoms in total. The van der Waals surface area contributed by atoms with Crippen LogP contribution in [-0.2, 0) is 20.3 Å². The number of aliphatic hydroxyl groups excluding tert-OH is 1. The third-order valence-corrected chi connectivity index (χ3v) is 5.00. The predicted octanol–water partition coefficient (Wildman–Crippen LogP) is 2.58. The van der Waals surface area contributed by atoms with Crippen LogP contribution in [0.25, 0.3) is 0 Å². The fraction of sp³-hybridized carbons (Fsp3) is 0.625. The maximum Gasteiger partial charge on any atom is 0.184 e. The number of ether oxygens (including phenoxy) is 2. The molecule has 0 saturated heterocycles. The van der Waals surface area contributed by atoms with E-state index in [2.05, 4.69) is 39.8 Å². The van der Waals surface area contributed by atoms with Crippen molar-refractivity contribution in [1.82, 2.24) is 0 Å². The molecule has 0 amide bonds. The van der Waals surface area contributed by atoms with Gasteiger partial charge in [0.25, 0.3) is 0 Å². The number of aliphatic hydroxyl groups is 1. The zero-order valence-electron chi connectivity index (χ0n) is 12.3. The molecule has 19 heavy (non-hydrogen) atoms. The first-order valence-electron chi connectivity index (χ1n) is 6.81. The van der Waals surface area contributed by atoms with Crippen LogP contribution in [0, 0.1) is 6.92 Å². The summed E-state index contributed by atoms with van der Waals surface area (Å²) in [6, 6.07) is 4.26. The molecule has 0 radical (unpaired) electrons. The highest BCUT2D eigenvalue weighted by Crippen LogP contribution is 2.55. The molecule has 2 aliphatic rings. The molecule has 1 aliphatic heterocycles. The molecule has 0 bridgehead atoms. The Morgan fingerprint density at radius 1 is 1.32 bits per heavy atom. The quantitative estimate of drug-likeness (QED) is 0.845. The SMILES string of the molecule is CO[C@H]1OC[C@]2(C)c3c(ccc(C)c31)C(C)(C)[C@H]2O. The molecule has 3 heteroatoms. The summed E-state index contributed by atoms with van der Waals surface area (Å²) in [6.07, 6.45) is -0.752. The first-order valence-corrected chi connectivity index (χ1v) is 6.81. The zero-order chi connectivity index (χ0) is 14.0. The number of methoxy groups -OCH3 is 1. The van der Waals surface area contributed by atoms with Gasteiger partial charge in [0, 0.05) is 23.5 Å². The predicted molar refractivity (Wildman–Crippen MR) is 73.3 cm³/mol. The largest absolute Gasteiger partial charge is 0.391 e. The molecule has 0 fully saturated rings. The molecule has 3 rings (SSSR count). The molecule has 0 unspecified atom stereocenters. The lowest BCUT2D eigenvalue weighted by atomic mass is 9.75. The second-order valence-corrected chi connectivity index (χ2v) is 6.64. The lowest BCUT2D eigenvalue weighted by molar-refractivity contribution is -0.161. The Balaban J connectivity index is 2.35. The Morgan fingerprint density at radius 3 is 2.63 bits per heavy atom. The second-order valence-electron chi connectivity index (χ2n) is 6.64. The fourth-order valence-electron chi connectivity index (χ4n) is 3.93. The topological polar surface area (TPSA) is 38.7 Å². The Bertz CT molecular complexity index is 535. The van der Waals surface area contributed by atoms with Gasteiger partial charge >= 0.3 is 0 Å². The number of aryl methyl sites for hydroxylation is 1. The second kappa shape index (κ2) is 3.81. The summed E-state index contributed by atoms with van der Waals surface area (Å²) in [5.41, 5.74) is 4.16. The Labute approximate surface area is 114 Å². The van der Waals surface area contributed by atoms with Gasteiger partial charge in [-0.15, -0.1) is 0 Å². The van der Waals surface area contributed by atoms with E-state index in [0.717, 1.165) is 5.56 Å². The van der Waals surface area contributed by atoms with Crippen LogP contribution < -0.4 is 0 Å². The molecule has 1 heterocycles. The smallest absolute Gasteiger partial charge is 0.184 e. The summed E-state index contributed by atoms with van der Waals surface area (Å²) in [5, 5.41) is 10.8. The third-order valence-electron chi connectivity index (χ3n) is 5.00. The summed E-state index contributed by atoms with van der Waals surface area (Å²) >= 11 is 0. The van der Waals surface area contributed by atoms with Crippen molar-refractivity contribution in [2.75, 3.05) is 13.7 Å². The van der Waals surface area contributed by atoms with Crippen LogP contribution in [0.3, 0.4) is 0 Å². The Morgan fingerprint density at radius 2 is 2.00 bits per heavy atom. The zero-order valence-corrected chi connectivity index (χ0v) is 12.3. The van der Waals surface area contributed by atoms with E-state index in [9.17, 15) is 5.11 Å². The van der Waals surface area contributed by atoms with E-state index in [0.29, 0.717) is 6.61 Å². The molecule has 104 valence electrons. The van der Waals surface area contributed by atoms with Crippen LogP contribution >= 0.6 is 0 Å². The maximum atomic E-state index is 10.8. The van der Waals surface area contributed by atoms with Crippen LogP contribution in [-0.4, -0.2) is 24.9 Å². The average molecular weight is 262 g/mol. The van der Waals surface area contributed by atoms with Crippen molar-refractivity contribution in [3.8, 4) is 0 Å². The number of benzene rings is 1. The summed E-state index contributed by atoms with van der Waals surface area (Å²) < 4.78 is 11.3. The molecule has 3 atom stereocenters. The molecule has 1 aromatic rings. The maximum absolute atomic E-state index is 10.8. The van der Waals surface area contributed by atoms with E-state index in [-0.39, 0.29) is 17.1 Å². The first kappa shape index (κ1) is 13.1. The van der Waals surface area contributed by atoms with Gasteiger partial charge in [0.2, 0.25) is 0 Å². The van der Waals surface area contributed by atoms with Crippen molar-refractivity contribution in [1.29, 1.82) is 0 Å². The fourth-order valence-corrected chi connectivity index (χ4v) is 3.93. The van der Waals surface area contributed by atoms with Gasteiger partial charge in [-0.1, -0.05) is 32.9 Å². The summed E-state index contributed by atoms with van der Waals surface area (Å²) in [5.74, 6) is 0. The molecule has 1 aliphatic carbocycles. The Kier molecular flexibility index (Phi) is 2.63. The van der Waals surface area contributed by atoms with Crippen molar-refractivity contribution >= 4 is 0 Å². The van der Waals surface area contributed by atoms with Gasteiger partial charge in [-0.05, 0) is 23.6 Å². The number of hydrogen-bond donors (Lipinski definition) is 1. The van der Waals surface area contributed by atoms with Crippen LogP contribution in [0.5, 0.6) is 0 Å². The molecular weight excluding hydrogens is 240 g/mol. The summed E-state index contributed by atoms with van der Waals surface area (Å²) in [6.45, 7) is 8.88. The van der Waals surface area contributed by atoms with E-state index in [1.807, 2.05) is 0 Å². The molecule has 1 aromatic carbocycles. The van der Waals surface area contributed by atoms with Crippen LogP contribution in [0.1, 0.15) is 49.3 Å². The molecule has 0 spiro atoms. The van der Waals surface area contributed by atoms with E-state index in [4.69, 9.17) is 9.47 Å². The lowest BCUT2D eigenvalue weighted by Crippen LogP contribution is -2.46. The van der Waals surface area contributed by atoms with E-state index >= 15 is 0 Å². The van der Waals surface area contributed by atoms with Crippen LogP contribution in [0.4, 0.5) is 0 Å². The van der Waals surface area contributed by atoms with Crippen molar-refractivity contribution in [3.05, 3.63) is 34.4 Å². The number of hydrogen-bond acceptors (Lipinski definition) is 3. The van der Waals surface area contributed by atoms with Gasteiger partial charge < -0.3 is 14.6 Å². The minimum absolute atomic E-state index is 0.251. The van der Waals surface area contributed by atoms with Gasteiger partial charge in [0.05, 0.1) is 12.7 Å². The highest BCUT2D eigenvalue weighted by atomic mass is 16.7. The van der Waals surface area contributed by atoms with Gasteiger partial charge in [-0.3, -0.25) is 0 Å². The van der Waals surface area contributed by atoms with E-state index in [1.54, 1.807) is 7.11 Å². The van der Waals surface area contributed by atoms with Crippen LogP contribution in [0.15, 0.2) is 12.1 Å². The van der Waals surface area contributed by atoms with Crippen molar-refractivity contribution in [2.45, 2.75) is 50.9 Å². The van der Waals surface area contributed by atoms with Gasteiger partial charge in [-0.2, -0.15) is 0 Å². The summed E-state index contributed by atoms with van der Waals surface area (Å²) in [4.78, 5) is 0. The first-order chi connectivity index (χ1) is 8.84. The van der Waals surface area contributed by atoms with Crippen molar-refractivity contribution in [3.63, 3.8) is 0 Å². The lowest BCUT2D eigenvalue weighted by Gasteiger charge is -2.39. The molecule has 1 N–H and O–H groups in total. The van der Waals surface area contributed by atoms with Gasteiger partial charge in [0.15, 0.2) is 6.29 Å². The minimum atomic E-state index is -0.437. The third kappa shape index (κ3) is 1.44. The normalized spacial score (nSPS) is 35.3. The van der Waals surface area contributed by atoms with Gasteiger partial charge in [-0.25, -0.2) is 0 Å². The Hall–Kier alpha value is -0.900. The van der Waals surface area contributed by atoms with Crippen LogP contribution in [0.2, 0.25) is 0 Å². The number of rotatable bonds is 1. The molecule has 0 aromatic heterocycles. The van der Waals surface area contributed by atoms with Gasteiger partial charge in [0.1, 0.15) is 0 Å². The highest BCUT2D eigenvalue weighted by Gasteiger charge is 2.57. The van der Waals surface area contributed by atoms with E-state index in [1.165, 1.54) is 16.7 Å². The summed E-state index contributed by atoms with van der Waals surface area (Å²) in [7, 11) is 1.67. The monoisotopic (exact) mass is 262 g/mol. The van der Waals surface area contributed by atoms with Crippen molar-refractivity contribution < 1.29 is 14.6 Å². The highest BCUT2D eigenvalue weighted by molar-refractivity contribution is 5.56.